The lowest BCUT2D eigenvalue weighted by atomic mass is 9.96. The molecule has 0 heterocycles. The summed E-state index contributed by atoms with van der Waals surface area (Å²) >= 11 is 0. The zero-order valence-corrected chi connectivity index (χ0v) is 26.0. The fourth-order valence-electron chi connectivity index (χ4n) is 4.68. The third-order valence-corrected chi connectivity index (χ3v) is 6.75. The van der Waals surface area contributed by atoms with Gasteiger partial charge in [0.1, 0.15) is 0 Å². The Hall–Kier alpha value is -4.68. The second-order valence-electron chi connectivity index (χ2n) is 9.04. The molecule has 0 aliphatic carbocycles. The van der Waals surface area contributed by atoms with E-state index >= 15 is 0 Å². The van der Waals surface area contributed by atoms with Crippen LogP contribution in [0, 0.1) is 0 Å². The molecule has 0 saturated heterocycles. The van der Waals surface area contributed by atoms with Crippen molar-refractivity contribution in [3.63, 3.8) is 0 Å². The molecule has 6 rings (SSSR count). The highest BCUT2D eigenvalue weighted by atomic mass is 14.1. The van der Waals surface area contributed by atoms with Gasteiger partial charge in [0.05, 0.1) is 0 Å². The van der Waals surface area contributed by atoms with Crippen LogP contribution < -0.4 is 0 Å². The van der Waals surface area contributed by atoms with Gasteiger partial charge in [-0.3, -0.25) is 0 Å². The van der Waals surface area contributed by atoms with E-state index in [0.29, 0.717) is 0 Å². The Kier molecular flexibility index (Phi) is 13.0. The lowest BCUT2D eigenvalue weighted by Crippen LogP contribution is -1.83. The van der Waals surface area contributed by atoms with Gasteiger partial charge in [-0.15, -0.1) is 0 Å². The molecule has 0 aromatic heterocycles. The standard InChI is InChI=1S/C36H26.3C2H6/c1-3-7-27(8-4-1)29-11-15-31(16-12-29)33-19-23-35(24-20-33)36-25-21-34(22-26-36)32-17-13-30(14-18-32)28-9-5-2-6-10-28;3*1-2/h1-26H;3*1-2H3. The van der Waals surface area contributed by atoms with Crippen LogP contribution in [0.15, 0.2) is 158 Å². The summed E-state index contributed by atoms with van der Waals surface area (Å²) < 4.78 is 0. The van der Waals surface area contributed by atoms with Gasteiger partial charge < -0.3 is 0 Å². The van der Waals surface area contributed by atoms with Gasteiger partial charge in [0.25, 0.3) is 0 Å². The van der Waals surface area contributed by atoms with E-state index in [0.717, 1.165) is 0 Å². The zero-order valence-electron chi connectivity index (χ0n) is 26.0. The van der Waals surface area contributed by atoms with Crippen LogP contribution in [0.1, 0.15) is 41.5 Å². The van der Waals surface area contributed by atoms with Crippen LogP contribution >= 0.6 is 0 Å². The van der Waals surface area contributed by atoms with E-state index in [-0.39, 0.29) is 0 Å². The monoisotopic (exact) mass is 548 g/mol. The molecule has 0 atom stereocenters. The molecule has 0 aliphatic rings. The molecule has 6 aromatic rings. The van der Waals surface area contributed by atoms with Crippen molar-refractivity contribution in [3.8, 4) is 55.6 Å². The van der Waals surface area contributed by atoms with Crippen LogP contribution in [0.5, 0.6) is 0 Å². The van der Waals surface area contributed by atoms with E-state index in [1.807, 2.05) is 41.5 Å². The van der Waals surface area contributed by atoms with Crippen LogP contribution in [-0.4, -0.2) is 0 Å². The Balaban J connectivity index is 0.000000760. The summed E-state index contributed by atoms with van der Waals surface area (Å²) in [6.45, 7) is 12.0. The summed E-state index contributed by atoms with van der Waals surface area (Å²) in [7, 11) is 0. The summed E-state index contributed by atoms with van der Waals surface area (Å²) in [5.41, 5.74) is 12.4. The Labute approximate surface area is 254 Å². The van der Waals surface area contributed by atoms with Gasteiger partial charge in [0.15, 0.2) is 0 Å². The first kappa shape index (κ1) is 31.8. The SMILES string of the molecule is CC.CC.CC.c1ccc(-c2ccc(-c3ccc(-c4ccc(-c5ccc(-c6ccccc6)cc5)cc4)cc3)cc2)cc1. The molecule has 42 heavy (non-hydrogen) atoms. The molecular weight excluding hydrogens is 504 g/mol. The highest BCUT2D eigenvalue weighted by molar-refractivity contribution is 5.76. The molecule has 0 bridgehead atoms. The van der Waals surface area contributed by atoms with Gasteiger partial charge in [-0.25, -0.2) is 0 Å². The summed E-state index contributed by atoms with van der Waals surface area (Å²) in [5, 5.41) is 0. The van der Waals surface area contributed by atoms with Crippen LogP contribution in [0.4, 0.5) is 0 Å². The molecular formula is C42H44. The van der Waals surface area contributed by atoms with Crippen molar-refractivity contribution >= 4 is 0 Å². The molecule has 212 valence electrons. The molecule has 0 unspecified atom stereocenters. The Morgan fingerprint density at radius 1 is 0.167 bits per heavy atom. The summed E-state index contributed by atoms with van der Waals surface area (Å²) in [6, 6.07) is 56.3. The summed E-state index contributed by atoms with van der Waals surface area (Å²) in [5.74, 6) is 0. The average Bonchev–Trinajstić information content (AvgIpc) is 3.12. The highest BCUT2D eigenvalue weighted by Gasteiger charge is 2.04. The number of hydrogen-bond donors (Lipinski definition) is 0. The largest absolute Gasteiger partial charge is 0.0683 e. The van der Waals surface area contributed by atoms with Crippen molar-refractivity contribution in [2.75, 3.05) is 0 Å². The molecule has 0 amide bonds. The molecule has 0 nitrogen and oxygen atoms in total. The zero-order chi connectivity index (χ0) is 30.2. The predicted octanol–water partition coefficient (Wildman–Crippen LogP) is 13.1. The van der Waals surface area contributed by atoms with Crippen LogP contribution in [0.2, 0.25) is 0 Å². The number of hydrogen-bond acceptors (Lipinski definition) is 0. The fraction of sp³-hybridized carbons (Fsp3) is 0.143. The Morgan fingerprint density at radius 2 is 0.286 bits per heavy atom. The number of benzene rings is 6. The predicted molar refractivity (Wildman–Crippen MR) is 188 cm³/mol. The first-order valence-corrected chi connectivity index (χ1v) is 15.4. The molecule has 0 heteroatoms. The third kappa shape index (κ3) is 8.18. The maximum Gasteiger partial charge on any atom is -0.0184 e. The first-order valence-electron chi connectivity index (χ1n) is 15.4. The Bertz CT molecular complexity index is 1420. The van der Waals surface area contributed by atoms with Crippen LogP contribution in [0.25, 0.3) is 55.6 Å². The molecule has 0 N–H and O–H groups in total. The molecule has 0 saturated carbocycles. The molecule has 0 spiro atoms. The number of rotatable bonds is 5. The summed E-state index contributed by atoms with van der Waals surface area (Å²) in [4.78, 5) is 0. The average molecular weight is 549 g/mol. The summed E-state index contributed by atoms with van der Waals surface area (Å²) in [6.07, 6.45) is 0. The molecule has 0 fully saturated rings. The minimum Gasteiger partial charge on any atom is -0.0683 e. The Morgan fingerprint density at radius 3 is 0.429 bits per heavy atom. The van der Waals surface area contributed by atoms with E-state index in [9.17, 15) is 0 Å². The van der Waals surface area contributed by atoms with E-state index in [2.05, 4.69) is 158 Å². The van der Waals surface area contributed by atoms with Crippen LogP contribution in [0.3, 0.4) is 0 Å². The van der Waals surface area contributed by atoms with Crippen molar-refractivity contribution in [1.82, 2.24) is 0 Å². The van der Waals surface area contributed by atoms with E-state index in [1.165, 1.54) is 55.6 Å². The van der Waals surface area contributed by atoms with Gasteiger partial charge >= 0.3 is 0 Å². The normalized spacial score (nSPS) is 9.67. The first-order chi connectivity index (χ1) is 20.8. The van der Waals surface area contributed by atoms with Gasteiger partial charge in [0, 0.05) is 0 Å². The molecule has 6 aromatic carbocycles. The maximum absolute atomic E-state index is 2.21. The van der Waals surface area contributed by atoms with E-state index in [1.54, 1.807) is 0 Å². The van der Waals surface area contributed by atoms with Gasteiger partial charge in [-0.05, 0) is 55.6 Å². The van der Waals surface area contributed by atoms with Crippen molar-refractivity contribution in [1.29, 1.82) is 0 Å². The van der Waals surface area contributed by atoms with Crippen molar-refractivity contribution in [3.05, 3.63) is 158 Å². The minimum absolute atomic E-state index is 1.23. The smallest absolute Gasteiger partial charge is 0.0184 e. The van der Waals surface area contributed by atoms with Gasteiger partial charge in [-0.1, -0.05) is 199 Å². The minimum atomic E-state index is 1.23. The second kappa shape index (κ2) is 17.2. The lowest BCUT2D eigenvalue weighted by molar-refractivity contribution is 1.50. The van der Waals surface area contributed by atoms with Crippen molar-refractivity contribution < 1.29 is 0 Å². The quantitative estimate of drug-likeness (QED) is 0.201. The van der Waals surface area contributed by atoms with Crippen molar-refractivity contribution in [2.45, 2.75) is 41.5 Å². The lowest BCUT2D eigenvalue weighted by Gasteiger charge is -2.08. The van der Waals surface area contributed by atoms with E-state index in [4.69, 9.17) is 0 Å². The molecule has 0 radical (unpaired) electrons. The van der Waals surface area contributed by atoms with Crippen molar-refractivity contribution in [2.24, 2.45) is 0 Å². The van der Waals surface area contributed by atoms with Gasteiger partial charge in [-0.2, -0.15) is 0 Å². The van der Waals surface area contributed by atoms with E-state index < -0.39 is 0 Å². The third-order valence-electron chi connectivity index (χ3n) is 6.75. The highest BCUT2D eigenvalue weighted by Crippen LogP contribution is 2.30. The maximum atomic E-state index is 2.21. The molecule has 0 aliphatic heterocycles. The van der Waals surface area contributed by atoms with Crippen LogP contribution in [-0.2, 0) is 0 Å². The fourth-order valence-corrected chi connectivity index (χ4v) is 4.68. The topological polar surface area (TPSA) is 0 Å². The second-order valence-corrected chi connectivity index (χ2v) is 9.04. The van der Waals surface area contributed by atoms with Gasteiger partial charge in [0.2, 0.25) is 0 Å².